The van der Waals surface area contributed by atoms with Crippen LogP contribution in [0, 0.1) is 10.1 Å². The molecule has 0 spiro atoms. The minimum atomic E-state index is -0.413. The Morgan fingerprint density at radius 1 is 1.21 bits per heavy atom. The normalized spacial score (nSPS) is 11.0. The predicted octanol–water partition coefficient (Wildman–Crippen LogP) is 2.41. The lowest BCUT2D eigenvalue weighted by Gasteiger charge is -2.04. The molecule has 0 fully saturated rings. The van der Waals surface area contributed by atoms with Crippen LogP contribution in [0.5, 0.6) is 0 Å². The predicted molar refractivity (Wildman–Crippen MR) is 89.7 cm³/mol. The molecule has 0 saturated carbocycles. The maximum absolute atomic E-state index is 10.7. The number of rotatable bonds is 7. The number of benzene rings is 1. The van der Waals surface area contributed by atoms with Crippen LogP contribution in [0.15, 0.2) is 41.9 Å². The van der Waals surface area contributed by atoms with Crippen LogP contribution in [-0.4, -0.2) is 36.2 Å². The van der Waals surface area contributed by atoms with Gasteiger partial charge in [-0.3, -0.25) is 10.1 Å². The lowest BCUT2D eigenvalue weighted by Crippen LogP contribution is -2.00. The molecule has 0 radical (unpaired) electrons. The van der Waals surface area contributed by atoms with Crippen LogP contribution in [0.3, 0.4) is 0 Å². The second-order valence-corrected chi connectivity index (χ2v) is 6.04. The molecule has 3 rings (SSSR count). The summed E-state index contributed by atoms with van der Waals surface area (Å²) in [7, 11) is 0. The van der Waals surface area contributed by atoms with Crippen LogP contribution in [0.2, 0.25) is 0 Å². The number of nitrogens with zero attached hydrogens (tertiary/aromatic N) is 5. The van der Waals surface area contributed by atoms with Crippen molar-refractivity contribution in [2.24, 2.45) is 0 Å². The highest BCUT2D eigenvalue weighted by Crippen LogP contribution is 2.27. The summed E-state index contributed by atoms with van der Waals surface area (Å²) in [5.41, 5.74) is 2.51. The fourth-order valence-electron chi connectivity index (χ4n) is 2.24. The summed E-state index contributed by atoms with van der Waals surface area (Å²) in [6.45, 7) is 0.767. The zero-order valence-corrected chi connectivity index (χ0v) is 13.5. The molecule has 0 bridgehead atoms. The summed E-state index contributed by atoms with van der Waals surface area (Å²) in [4.78, 5) is 23.2. The summed E-state index contributed by atoms with van der Waals surface area (Å²) >= 11 is 1.51. The van der Waals surface area contributed by atoms with E-state index in [1.807, 2.05) is 4.57 Å². The molecular formula is C15H15N5O3S. The number of fused-ring (bicyclic) bond motifs is 1. The first-order chi connectivity index (χ1) is 11.7. The number of thioether (sulfide) groups is 1. The number of hydrogen-bond acceptors (Lipinski definition) is 7. The lowest BCUT2D eigenvalue weighted by atomic mass is 10.2. The van der Waals surface area contributed by atoms with Gasteiger partial charge in [0.2, 0.25) is 0 Å². The van der Waals surface area contributed by atoms with Crippen molar-refractivity contribution in [2.45, 2.75) is 23.7 Å². The van der Waals surface area contributed by atoms with Gasteiger partial charge in [-0.1, -0.05) is 23.9 Å². The van der Waals surface area contributed by atoms with Gasteiger partial charge in [0.25, 0.3) is 5.69 Å². The molecule has 2 heterocycles. The number of aryl methyl sites for hydroxylation is 1. The van der Waals surface area contributed by atoms with Crippen molar-refractivity contribution in [3.8, 4) is 0 Å². The van der Waals surface area contributed by atoms with Gasteiger partial charge in [0.05, 0.1) is 11.3 Å². The maximum Gasteiger partial charge on any atom is 0.269 e. The zero-order valence-electron chi connectivity index (χ0n) is 12.7. The van der Waals surface area contributed by atoms with Crippen molar-refractivity contribution in [3.05, 3.63) is 52.6 Å². The molecule has 8 nitrogen and oxygen atoms in total. The van der Waals surface area contributed by atoms with Gasteiger partial charge in [-0.05, 0) is 12.0 Å². The molecule has 0 atom stereocenters. The van der Waals surface area contributed by atoms with Crippen LogP contribution in [-0.2, 0) is 12.3 Å². The van der Waals surface area contributed by atoms with E-state index in [0.29, 0.717) is 18.7 Å². The Morgan fingerprint density at radius 2 is 2.00 bits per heavy atom. The van der Waals surface area contributed by atoms with Gasteiger partial charge in [0.1, 0.15) is 16.9 Å². The largest absolute Gasteiger partial charge is 0.396 e. The quantitative estimate of drug-likeness (QED) is 0.303. The molecule has 1 aromatic carbocycles. The van der Waals surface area contributed by atoms with E-state index in [1.54, 1.807) is 18.5 Å². The number of aliphatic hydroxyl groups is 1. The first kappa shape index (κ1) is 16.3. The van der Waals surface area contributed by atoms with Gasteiger partial charge in [0, 0.05) is 31.0 Å². The molecule has 0 unspecified atom stereocenters. The molecule has 0 amide bonds. The Kier molecular flexibility index (Phi) is 5.02. The van der Waals surface area contributed by atoms with E-state index in [1.165, 1.54) is 30.2 Å². The van der Waals surface area contributed by atoms with E-state index in [2.05, 4.69) is 15.0 Å². The number of aromatic nitrogens is 4. The number of imidazole rings is 1. The maximum atomic E-state index is 10.7. The van der Waals surface area contributed by atoms with Crippen molar-refractivity contribution >= 4 is 28.6 Å². The topological polar surface area (TPSA) is 107 Å². The Labute approximate surface area is 141 Å². The molecule has 2 aromatic heterocycles. The first-order valence-corrected chi connectivity index (χ1v) is 8.30. The van der Waals surface area contributed by atoms with Crippen molar-refractivity contribution in [1.29, 1.82) is 0 Å². The Bertz CT molecular complexity index is 850. The molecule has 0 aliphatic heterocycles. The van der Waals surface area contributed by atoms with Crippen molar-refractivity contribution in [1.82, 2.24) is 19.5 Å². The molecular weight excluding hydrogens is 330 g/mol. The molecule has 124 valence electrons. The van der Waals surface area contributed by atoms with E-state index in [9.17, 15) is 10.1 Å². The average Bonchev–Trinajstić information content (AvgIpc) is 3.02. The summed E-state index contributed by atoms with van der Waals surface area (Å²) in [6, 6.07) is 6.47. The van der Waals surface area contributed by atoms with Crippen LogP contribution >= 0.6 is 11.8 Å². The second-order valence-electron chi connectivity index (χ2n) is 5.08. The minimum Gasteiger partial charge on any atom is -0.396 e. The third-order valence-electron chi connectivity index (χ3n) is 3.45. The summed E-state index contributed by atoms with van der Waals surface area (Å²) in [5.74, 6) is 0.633. The van der Waals surface area contributed by atoms with Crippen LogP contribution in [0.4, 0.5) is 5.69 Å². The van der Waals surface area contributed by atoms with E-state index in [4.69, 9.17) is 5.11 Å². The standard InChI is InChI=1S/C15H15N5O3S/c21-7-1-6-19-10-18-13-14(19)16-9-17-15(13)24-8-11-2-4-12(5-3-11)20(22)23/h2-5,9-10,21H,1,6-8H2. The van der Waals surface area contributed by atoms with Gasteiger partial charge in [-0.25, -0.2) is 15.0 Å². The Balaban J connectivity index is 1.75. The first-order valence-electron chi connectivity index (χ1n) is 7.32. The Hall–Kier alpha value is -2.52. The van der Waals surface area contributed by atoms with Crippen LogP contribution in [0.25, 0.3) is 11.2 Å². The van der Waals surface area contributed by atoms with Gasteiger partial charge in [0.15, 0.2) is 5.65 Å². The third-order valence-corrected chi connectivity index (χ3v) is 4.50. The summed E-state index contributed by atoms with van der Waals surface area (Å²) in [5, 5.41) is 20.4. The number of nitro groups is 1. The van der Waals surface area contributed by atoms with Crippen LogP contribution in [0.1, 0.15) is 12.0 Å². The van der Waals surface area contributed by atoms with Crippen molar-refractivity contribution < 1.29 is 10.0 Å². The number of aliphatic hydroxyl groups excluding tert-OH is 1. The van der Waals surface area contributed by atoms with E-state index in [-0.39, 0.29) is 12.3 Å². The smallest absolute Gasteiger partial charge is 0.269 e. The monoisotopic (exact) mass is 345 g/mol. The second kappa shape index (κ2) is 7.37. The molecule has 9 heteroatoms. The molecule has 0 aliphatic carbocycles. The highest BCUT2D eigenvalue weighted by molar-refractivity contribution is 7.98. The van der Waals surface area contributed by atoms with Gasteiger partial charge < -0.3 is 9.67 Å². The lowest BCUT2D eigenvalue weighted by molar-refractivity contribution is -0.384. The average molecular weight is 345 g/mol. The zero-order chi connectivity index (χ0) is 16.9. The molecule has 3 aromatic rings. The minimum absolute atomic E-state index is 0.0794. The van der Waals surface area contributed by atoms with Gasteiger partial charge >= 0.3 is 0 Å². The van der Waals surface area contributed by atoms with Crippen molar-refractivity contribution in [3.63, 3.8) is 0 Å². The highest BCUT2D eigenvalue weighted by atomic mass is 32.2. The fourth-order valence-corrected chi connectivity index (χ4v) is 3.13. The van der Waals surface area contributed by atoms with E-state index in [0.717, 1.165) is 21.8 Å². The highest BCUT2D eigenvalue weighted by Gasteiger charge is 2.11. The molecule has 1 N–H and O–H groups in total. The van der Waals surface area contributed by atoms with Gasteiger partial charge in [-0.15, -0.1) is 0 Å². The van der Waals surface area contributed by atoms with E-state index >= 15 is 0 Å². The van der Waals surface area contributed by atoms with Crippen LogP contribution < -0.4 is 0 Å². The third kappa shape index (κ3) is 3.52. The molecule has 24 heavy (non-hydrogen) atoms. The number of hydrogen-bond donors (Lipinski definition) is 1. The molecule has 0 aliphatic rings. The Morgan fingerprint density at radius 3 is 2.71 bits per heavy atom. The fraction of sp³-hybridized carbons (Fsp3) is 0.267. The number of non-ortho nitro benzene ring substituents is 1. The van der Waals surface area contributed by atoms with Crippen molar-refractivity contribution in [2.75, 3.05) is 6.61 Å². The van der Waals surface area contributed by atoms with E-state index < -0.39 is 4.92 Å². The molecule has 0 saturated heterocycles. The summed E-state index contributed by atoms with van der Waals surface area (Å²) in [6.07, 6.45) is 3.84. The number of nitro benzene ring substituents is 1. The van der Waals surface area contributed by atoms with Gasteiger partial charge in [-0.2, -0.15) is 0 Å². The summed E-state index contributed by atoms with van der Waals surface area (Å²) < 4.78 is 1.89. The SMILES string of the molecule is O=[N+]([O-])c1ccc(CSc2ncnc3c2ncn3CCCO)cc1.